The average Bonchev–Trinajstić information content (AvgIpc) is 3.11. The SMILES string of the molecule is Cc1cc(N2CCCCC2C)ccc1NC(=O)C(C)c1nn[nH]n1. The van der Waals surface area contributed by atoms with Gasteiger partial charge in [0.05, 0.1) is 5.92 Å². The number of nitrogens with zero attached hydrogens (tertiary/aromatic N) is 4. The third kappa shape index (κ3) is 3.39. The highest BCUT2D eigenvalue weighted by atomic mass is 16.1. The van der Waals surface area contributed by atoms with Gasteiger partial charge in [-0.3, -0.25) is 4.79 Å². The smallest absolute Gasteiger partial charge is 0.235 e. The third-order valence-corrected chi connectivity index (χ3v) is 4.74. The number of hydrogen-bond acceptors (Lipinski definition) is 5. The van der Waals surface area contributed by atoms with Gasteiger partial charge in [-0.15, -0.1) is 10.2 Å². The number of aromatic amines is 1. The van der Waals surface area contributed by atoms with E-state index >= 15 is 0 Å². The van der Waals surface area contributed by atoms with Crippen molar-refractivity contribution in [2.45, 2.75) is 52.0 Å². The van der Waals surface area contributed by atoms with Crippen LogP contribution in [-0.4, -0.2) is 39.1 Å². The lowest BCUT2D eigenvalue weighted by Gasteiger charge is -2.35. The molecule has 2 aromatic rings. The molecular formula is C17H24N6O. The van der Waals surface area contributed by atoms with Crippen molar-refractivity contribution >= 4 is 17.3 Å². The van der Waals surface area contributed by atoms with E-state index in [9.17, 15) is 4.79 Å². The predicted molar refractivity (Wildman–Crippen MR) is 93.1 cm³/mol. The van der Waals surface area contributed by atoms with Gasteiger partial charge in [0.2, 0.25) is 5.91 Å². The molecule has 2 heterocycles. The minimum absolute atomic E-state index is 0.140. The Morgan fingerprint density at radius 3 is 2.92 bits per heavy atom. The van der Waals surface area contributed by atoms with Gasteiger partial charge in [0.1, 0.15) is 0 Å². The molecule has 1 amide bonds. The van der Waals surface area contributed by atoms with E-state index in [0.717, 1.165) is 17.8 Å². The quantitative estimate of drug-likeness (QED) is 0.901. The van der Waals surface area contributed by atoms with Crippen LogP contribution < -0.4 is 10.2 Å². The molecule has 1 aromatic carbocycles. The summed E-state index contributed by atoms with van der Waals surface area (Å²) in [5.74, 6) is -0.201. The fourth-order valence-electron chi connectivity index (χ4n) is 3.16. The van der Waals surface area contributed by atoms with Crippen LogP contribution in [-0.2, 0) is 4.79 Å². The molecule has 0 radical (unpaired) electrons. The molecule has 1 fully saturated rings. The Kier molecular flexibility index (Phi) is 4.78. The first-order chi connectivity index (χ1) is 11.6. The number of aromatic nitrogens is 4. The van der Waals surface area contributed by atoms with Gasteiger partial charge >= 0.3 is 0 Å². The van der Waals surface area contributed by atoms with Crippen LogP contribution in [0.4, 0.5) is 11.4 Å². The van der Waals surface area contributed by atoms with Crippen LogP contribution in [0.2, 0.25) is 0 Å². The van der Waals surface area contributed by atoms with Gasteiger partial charge in [0.15, 0.2) is 5.82 Å². The van der Waals surface area contributed by atoms with Crippen LogP contribution >= 0.6 is 0 Å². The van der Waals surface area contributed by atoms with E-state index in [0.29, 0.717) is 11.9 Å². The highest BCUT2D eigenvalue weighted by Crippen LogP contribution is 2.28. The van der Waals surface area contributed by atoms with Crippen LogP contribution in [0.1, 0.15) is 50.4 Å². The molecular weight excluding hydrogens is 304 g/mol. The van der Waals surface area contributed by atoms with E-state index in [1.165, 1.54) is 24.9 Å². The summed E-state index contributed by atoms with van der Waals surface area (Å²) in [6.07, 6.45) is 3.78. The van der Waals surface area contributed by atoms with Crippen molar-refractivity contribution in [1.82, 2.24) is 20.6 Å². The molecule has 1 aliphatic heterocycles. The molecule has 3 rings (SSSR count). The Bertz CT molecular complexity index is 699. The van der Waals surface area contributed by atoms with E-state index in [1.807, 2.05) is 13.0 Å². The fourth-order valence-corrected chi connectivity index (χ4v) is 3.16. The fraction of sp³-hybridized carbons (Fsp3) is 0.529. The molecule has 0 aliphatic carbocycles. The van der Waals surface area contributed by atoms with Crippen molar-refractivity contribution in [2.24, 2.45) is 0 Å². The summed E-state index contributed by atoms with van der Waals surface area (Å²) in [4.78, 5) is 14.8. The molecule has 2 N–H and O–H groups in total. The van der Waals surface area contributed by atoms with E-state index in [-0.39, 0.29) is 5.91 Å². The summed E-state index contributed by atoms with van der Waals surface area (Å²) in [5.41, 5.74) is 3.10. The van der Waals surface area contributed by atoms with Crippen LogP contribution in [0.25, 0.3) is 0 Å². The van der Waals surface area contributed by atoms with Gasteiger partial charge in [-0.25, -0.2) is 0 Å². The number of aryl methyl sites for hydroxylation is 1. The van der Waals surface area contributed by atoms with E-state index < -0.39 is 5.92 Å². The van der Waals surface area contributed by atoms with E-state index in [4.69, 9.17) is 0 Å². The standard InChI is InChI=1S/C17H24N6O/c1-11-10-14(23-9-5-4-6-12(23)2)7-8-15(11)18-17(24)13(3)16-19-21-22-20-16/h7-8,10,12-13H,4-6,9H2,1-3H3,(H,18,24)(H,19,20,21,22). The van der Waals surface area contributed by atoms with Crippen molar-refractivity contribution in [3.63, 3.8) is 0 Å². The summed E-state index contributed by atoms with van der Waals surface area (Å²) >= 11 is 0. The monoisotopic (exact) mass is 328 g/mol. The van der Waals surface area contributed by atoms with Gasteiger partial charge in [-0.1, -0.05) is 5.21 Å². The first kappa shape index (κ1) is 16.4. The third-order valence-electron chi connectivity index (χ3n) is 4.74. The number of rotatable bonds is 4. The molecule has 2 atom stereocenters. The summed E-state index contributed by atoms with van der Waals surface area (Å²) in [6.45, 7) is 7.16. The van der Waals surface area contributed by atoms with Gasteiger partial charge in [-0.05, 0) is 63.8 Å². The summed E-state index contributed by atoms with van der Waals surface area (Å²) in [6, 6.07) is 6.78. The Morgan fingerprint density at radius 2 is 2.25 bits per heavy atom. The Balaban J connectivity index is 1.72. The Morgan fingerprint density at radius 1 is 1.42 bits per heavy atom. The molecule has 0 spiro atoms. The molecule has 128 valence electrons. The lowest BCUT2D eigenvalue weighted by molar-refractivity contribution is -0.117. The highest BCUT2D eigenvalue weighted by Gasteiger charge is 2.21. The van der Waals surface area contributed by atoms with Crippen molar-refractivity contribution < 1.29 is 4.79 Å². The number of piperidine rings is 1. The number of carbonyl (C=O) groups excluding carboxylic acids is 1. The zero-order chi connectivity index (χ0) is 17.1. The predicted octanol–water partition coefficient (Wildman–Crippen LogP) is 2.63. The van der Waals surface area contributed by atoms with Gasteiger partial charge in [0, 0.05) is 24.0 Å². The second kappa shape index (κ2) is 6.98. The number of nitrogens with one attached hydrogen (secondary N) is 2. The molecule has 0 bridgehead atoms. The molecule has 7 nitrogen and oxygen atoms in total. The van der Waals surface area contributed by atoms with Crippen molar-refractivity contribution in [2.75, 3.05) is 16.8 Å². The number of tetrazole rings is 1. The maximum atomic E-state index is 12.4. The zero-order valence-corrected chi connectivity index (χ0v) is 14.4. The summed E-state index contributed by atoms with van der Waals surface area (Å²) in [7, 11) is 0. The van der Waals surface area contributed by atoms with Crippen LogP contribution in [0, 0.1) is 6.92 Å². The minimum Gasteiger partial charge on any atom is -0.369 e. The van der Waals surface area contributed by atoms with Crippen LogP contribution in [0.5, 0.6) is 0 Å². The topological polar surface area (TPSA) is 86.8 Å². The summed E-state index contributed by atoms with van der Waals surface area (Å²) in [5, 5.41) is 16.6. The normalized spacial score (nSPS) is 19.1. The lowest BCUT2D eigenvalue weighted by Crippen LogP contribution is -2.37. The van der Waals surface area contributed by atoms with Gasteiger partial charge in [0.25, 0.3) is 0 Å². The first-order valence-corrected chi connectivity index (χ1v) is 8.47. The van der Waals surface area contributed by atoms with Gasteiger partial charge < -0.3 is 10.2 Å². The van der Waals surface area contributed by atoms with Crippen molar-refractivity contribution in [3.05, 3.63) is 29.6 Å². The molecule has 0 saturated carbocycles. The summed E-state index contributed by atoms with van der Waals surface area (Å²) < 4.78 is 0. The number of carbonyl (C=O) groups is 1. The molecule has 24 heavy (non-hydrogen) atoms. The number of benzene rings is 1. The minimum atomic E-state index is -0.454. The molecule has 7 heteroatoms. The molecule has 1 saturated heterocycles. The second-order valence-corrected chi connectivity index (χ2v) is 6.52. The van der Waals surface area contributed by atoms with Gasteiger partial charge in [-0.2, -0.15) is 5.21 Å². The Labute approximate surface area is 141 Å². The van der Waals surface area contributed by atoms with E-state index in [1.54, 1.807) is 6.92 Å². The lowest BCUT2D eigenvalue weighted by atomic mass is 10.0. The zero-order valence-electron chi connectivity index (χ0n) is 14.4. The maximum absolute atomic E-state index is 12.4. The first-order valence-electron chi connectivity index (χ1n) is 8.47. The van der Waals surface area contributed by atoms with Crippen LogP contribution in [0.15, 0.2) is 18.2 Å². The largest absolute Gasteiger partial charge is 0.369 e. The average molecular weight is 328 g/mol. The molecule has 2 unspecified atom stereocenters. The second-order valence-electron chi connectivity index (χ2n) is 6.52. The maximum Gasteiger partial charge on any atom is 0.235 e. The van der Waals surface area contributed by atoms with Crippen molar-refractivity contribution in [3.8, 4) is 0 Å². The highest BCUT2D eigenvalue weighted by molar-refractivity contribution is 5.95. The molecule has 1 aliphatic rings. The number of anilines is 2. The number of H-pyrrole nitrogens is 1. The van der Waals surface area contributed by atoms with E-state index in [2.05, 4.69) is 49.9 Å². The Hall–Kier alpha value is -2.44. The van der Waals surface area contributed by atoms with Crippen molar-refractivity contribution in [1.29, 1.82) is 0 Å². The van der Waals surface area contributed by atoms with Crippen LogP contribution in [0.3, 0.4) is 0 Å². The molecule has 1 aromatic heterocycles. The number of amides is 1. The number of hydrogen-bond donors (Lipinski definition) is 2.